The maximum Gasteiger partial charge on any atom is 0.417 e. The number of benzene rings is 1. The highest BCUT2D eigenvalue weighted by atomic mass is 19.4. The summed E-state index contributed by atoms with van der Waals surface area (Å²) in [7, 11) is 0. The molecule has 0 atom stereocenters. The van der Waals surface area contributed by atoms with E-state index in [2.05, 4.69) is 10.2 Å². The standard InChI is InChI=1S/C20H21F3N4O3/c21-20(22,23)14-1-6-18(29)27(11-14)12-17(28)25-15-2-4-16(5-3-15)26-9-7-13(8-10-26)19(24)30/h1-6,11,13H,7-10,12H2,(H2,24,30)(H,25,28). The Morgan fingerprint density at radius 3 is 2.27 bits per heavy atom. The number of amides is 2. The van der Waals surface area contributed by atoms with Gasteiger partial charge in [-0.15, -0.1) is 0 Å². The van der Waals surface area contributed by atoms with Gasteiger partial charge in [0, 0.05) is 42.6 Å². The number of aromatic nitrogens is 1. The summed E-state index contributed by atoms with van der Waals surface area (Å²) in [6.07, 6.45) is -2.62. The van der Waals surface area contributed by atoms with Crippen molar-refractivity contribution >= 4 is 23.2 Å². The molecule has 1 aliphatic rings. The summed E-state index contributed by atoms with van der Waals surface area (Å²) in [5.74, 6) is -1.02. The number of rotatable bonds is 5. The molecule has 2 heterocycles. The van der Waals surface area contributed by atoms with Crippen LogP contribution in [0.4, 0.5) is 24.5 Å². The van der Waals surface area contributed by atoms with E-state index in [0.717, 1.165) is 16.3 Å². The van der Waals surface area contributed by atoms with Gasteiger partial charge in [-0.25, -0.2) is 0 Å². The molecule has 10 heteroatoms. The zero-order chi connectivity index (χ0) is 21.9. The minimum Gasteiger partial charge on any atom is -0.371 e. The fourth-order valence-corrected chi connectivity index (χ4v) is 3.36. The molecule has 0 saturated carbocycles. The maximum absolute atomic E-state index is 12.8. The van der Waals surface area contributed by atoms with Gasteiger partial charge in [0.05, 0.1) is 5.56 Å². The molecule has 7 nitrogen and oxygen atoms in total. The van der Waals surface area contributed by atoms with E-state index >= 15 is 0 Å². The van der Waals surface area contributed by atoms with Gasteiger partial charge in [-0.3, -0.25) is 14.4 Å². The number of halogens is 3. The number of alkyl halides is 3. The number of nitrogens with zero attached hydrogens (tertiary/aromatic N) is 2. The van der Waals surface area contributed by atoms with Crippen molar-refractivity contribution in [3.63, 3.8) is 0 Å². The highest BCUT2D eigenvalue weighted by molar-refractivity contribution is 5.90. The van der Waals surface area contributed by atoms with Crippen molar-refractivity contribution in [3.05, 3.63) is 58.5 Å². The third-order valence-corrected chi connectivity index (χ3v) is 5.04. The molecule has 0 unspecified atom stereocenters. The van der Waals surface area contributed by atoms with Gasteiger partial charge in [-0.05, 0) is 43.2 Å². The van der Waals surface area contributed by atoms with E-state index in [0.29, 0.717) is 43.9 Å². The molecule has 2 aromatic rings. The van der Waals surface area contributed by atoms with Crippen LogP contribution < -0.4 is 21.5 Å². The molecular weight excluding hydrogens is 401 g/mol. The Kier molecular flexibility index (Phi) is 6.14. The molecule has 0 aliphatic carbocycles. The number of anilines is 2. The largest absolute Gasteiger partial charge is 0.417 e. The molecule has 1 aliphatic heterocycles. The van der Waals surface area contributed by atoms with Gasteiger partial charge in [0.2, 0.25) is 11.8 Å². The zero-order valence-electron chi connectivity index (χ0n) is 16.0. The first-order chi connectivity index (χ1) is 14.1. The molecule has 0 radical (unpaired) electrons. The molecule has 30 heavy (non-hydrogen) atoms. The Morgan fingerprint density at radius 2 is 1.70 bits per heavy atom. The van der Waals surface area contributed by atoms with Gasteiger partial charge >= 0.3 is 6.18 Å². The highest BCUT2D eigenvalue weighted by Crippen LogP contribution is 2.28. The minimum absolute atomic E-state index is 0.112. The Balaban J connectivity index is 1.60. The number of carbonyl (C=O) groups is 2. The Labute approximate surface area is 170 Å². The Morgan fingerprint density at radius 1 is 1.07 bits per heavy atom. The summed E-state index contributed by atoms with van der Waals surface area (Å²) in [6, 6.07) is 8.41. The van der Waals surface area contributed by atoms with E-state index in [1.807, 2.05) is 0 Å². The van der Waals surface area contributed by atoms with E-state index in [-0.39, 0.29) is 11.8 Å². The summed E-state index contributed by atoms with van der Waals surface area (Å²) in [5.41, 5.74) is 5.01. The van der Waals surface area contributed by atoms with Crippen LogP contribution in [0.5, 0.6) is 0 Å². The van der Waals surface area contributed by atoms with E-state index in [1.165, 1.54) is 0 Å². The first-order valence-corrected chi connectivity index (χ1v) is 9.35. The third kappa shape index (κ3) is 5.19. The second-order valence-electron chi connectivity index (χ2n) is 7.14. The molecule has 1 saturated heterocycles. The fraction of sp³-hybridized carbons (Fsp3) is 0.350. The summed E-state index contributed by atoms with van der Waals surface area (Å²) < 4.78 is 39.1. The van der Waals surface area contributed by atoms with Crippen LogP contribution in [0, 0.1) is 5.92 Å². The number of hydrogen-bond acceptors (Lipinski definition) is 4. The second kappa shape index (κ2) is 8.60. The molecule has 3 N–H and O–H groups in total. The average Bonchev–Trinajstić information content (AvgIpc) is 2.69. The van der Waals surface area contributed by atoms with Gasteiger partial charge in [0.15, 0.2) is 0 Å². The zero-order valence-corrected chi connectivity index (χ0v) is 16.0. The number of nitrogens with two attached hydrogens (primary N) is 1. The number of nitrogens with one attached hydrogen (secondary N) is 1. The van der Waals surface area contributed by atoms with E-state index in [4.69, 9.17) is 5.73 Å². The number of carbonyl (C=O) groups excluding carboxylic acids is 2. The van der Waals surface area contributed by atoms with Crippen molar-refractivity contribution in [3.8, 4) is 0 Å². The summed E-state index contributed by atoms with van der Waals surface area (Å²) in [4.78, 5) is 37.3. The predicted octanol–water partition coefficient (Wildman–Crippen LogP) is 2.21. The van der Waals surface area contributed by atoms with Gasteiger partial charge in [-0.1, -0.05) is 0 Å². The van der Waals surface area contributed by atoms with Crippen molar-refractivity contribution in [2.75, 3.05) is 23.3 Å². The Bertz CT molecular complexity index is 978. The summed E-state index contributed by atoms with van der Waals surface area (Å²) in [5, 5.41) is 2.57. The van der Waals surface area contributed by atoms with Gasteiger partial charge in [0.25, 0.3) is 5.56 Å². The minimum atomic E-state index is -4.60. The lowest BCUT2D eigenvalue weighted by Crippen LogP contribution is -2.38. The van der Waals surface area contributed by atoms with Crippen molar-refractivity contribution in [1.82, 2.24) is 4.57 Å². The molecule has 1 fully saturated rings. The van der Waals surface area contributed by atoms with Crippen molar-refractivity contribution in [2.24, 2.45) is 11.7 Å². The molecule has 0 bridgehead atoms. The van der Waals surface area contributed by atoms with Crippen LogP contribution in [-0.4, -0.2) is 29.5 Å². The first kappa shape index (κ1) is 21.4. The Hall–Kier alpha value is -3.30. The maximum atomic E-state index is 12.8. The molecule has 1 aromatic heterocycles. The number of pyridine rings is 1. The monoisotopic (exact) mass is 422 g/mol. The average molecular weight is 422 g/mol. The molecule has 1 aromatic carbocycles. The summed E-state index contributed by atoms with van der Waals surface area (Å²) >= 11 is 0. The van der Waals surface area contributed by atoms with Crippen molar-refractivity contribution < 1.29 is 22.8 Å². The normalized spacial score (nSPS) is 15.1. The molecule has 3 rings (SSSR count). The molecule has 0 spiro atoms. The van der Waals surface area contributed by atoms with Crippen LogP contribution in [0.15, 0.2) is 47.4 Å². The lowest BCUT2D eigenvalue weighted by Gasteiger charge is -2.32. The van der Waals surface area contributed by atoms with Crippen LogP contribution in [0.25, 0.3) is 0 Å². The van der Waals surface area contributed by atoms with Crippen LogP contribution in [0.1, 0.15) is 18.4 Å². The topological polar surface area (TPSA) is 97.4 Å². The number of hydrogen-bond donors (Lipinski definition) is 2. The van der Waals surface area contributed by atoms with Gasteiger partial charge in [-0.2, -0.15) is 13.2 Å². The lowest BCUT2D eigenvalue weighted by atomic mass is 9.96. The predicted molar refractivity (Wildman–Crippen MR) is 105 cm³/mol. The van der Waals surface area contributed by atoms with Crippen molar-refractivity contribution in [1.29, 1.82) is 0 Å². The number of piperidine rings is 1. The van der Waals surface area contributed by atoms with Crippen LogP contribution >= 0.6 is 0 Å². The van der Waals surface area contributed by atoms with Gasteiger partial charge in [0.1, 0.15) is 6.54 Å². The fourth-order valence-electron chi connectivity index (χ4n) is 3.36. The van der Waals surface area contributed by atoms with Crippen LogP contribution in [0.2, 0.25) is 0 Å². The molecule has 160 valence electrons. The third-order valence-electron chi connectivity index (χ3n) is 5.04. The first-order valence-electron chi connectivity index (χ1n) is 9.35. The van der Waals surface area contributed by atoms with Crippen molar-refractivity contribution in [2.45, 2.75) is 25.6 Å². The number of primary amides is 1. The van der Waals surface area contributed by atoms with Gasteiger partial charge < -0.3 is 20.5 Å². The highest BCUT2D eigenvalue weighted by Gasteiger charge is 2.31. The molecule has 2 amide bonds. The SMILES string of the molecule is NC(=O)C1CCN(c2ccc(NC(=O)Cn3cc(C(F)(F)F)ccc3=O)cc2)CC1. The quantitative estimate of drug-likeness (QED) is 0.772. The molecular formula is C20H21F3N4O3. The lowest BCUT2D eigenvalue weighted by molar-refractivity contribution is -0.138. The van der Waals surface area contributed by atoms with E-state index < -0.39 is 29.8 Å². The second-order valence-corrected chi connectivity index (χ2v) is 7.14. The van der Waals surface area contributed by atoms with E-state index in [1.54, 1.807) is 24.3 Å². The summed E-state index contributed by atoms with van der Waals surface area (Å²) in [6.45, 7) is 0.848. The van der Waals surface area contributed by atoms with E-state index in [9.17, 15) is 27.6 Å². The van der Waals surface area contributed by atoms with Crippen LogP contribution in [0.3, 0.4) is 0 Å². The smallest absolute Gasteiger partial charge is 0.371 e. The van der Waals surface area contributed by atoms with Crippen LogP contribution in [-0.2, 0) is 22.3 Å².